The van der Waals surface area contributed by atoms with E-state index >= 15 is 0 Å². The van der Waals surface area contributed by atoms with Gasteiger partial charge < -0.3 is 19.9 Å². The summed E-state index contributed by atoms with van der Waals surface area (Å²) in [6.45, 7) is 2.47. The van der Waals surface area contributed by atoms with Crippen molar-refractivity contribution in [3.63, 3.8) is 0 Å². The first-order valence-electron chi connectivity index (χ1n) is 7.83. The molecule has 1 aliphatic rings. The Morgan fingerprint density at radius 3 is 2.74 bits per heavy atom. The molecule has 0 saturated carbocycles. The van der Waals surface area contributed by atoms with E-state index in [0.29, 0.717) is 13.0 Å². The average molecular weight is 313 g/mol. The van der Waals surface area contributed by atoms with Gasteiger partial charge in [0.05, 0.1) is 7.11 Å². The van der Waals surface area contributed by atoms with Crippen LogP contribution in [0.3, 0.4) is 0 Å². The molecule has 23 heavy (non-hydrogen) atoms. The van der Waals surface area contributed by atoms with E-state index in [0.717, 1.165) is 28.2 Å². The fraction of sp³-hybridized carbons (Fsp3) is 0.368. The third-order valence-electron chi connectivity index (χ3n) is 4.44. The number of nitrogens with one attached hydrogen (secondary N) is 1. The lowest BCUT2D eigenvalue weighted by molar-refractivity contribution is -0.0487. The predicted molar refractivity (Wildman–Crippen MR) is 90.1 cm³/mol. The number of benzene rings is 2. The van der Waals surface area contributed by atoms with Gasteiger partial charge in [-0.3, -0.25) is 0 Å². The second kappa shape index (κ2) is 6.22. The molecule has 1 aliphatic carbocycles. The molecule has 4 heteroatoms. The molecular formula is C19H23NO3. The molecule has 0 radical (unpaired) electrons. The first-order valence-corrected chi connectivity index (χ1v) is 7.83. The summed E-state index contributed by atoms with van der Waals surface area (Å²) in [7, 11) is 3.49. The van der Waals surface area contributed by atoms with Crippen LogP contribution in [0.2, 0.25) is 0 Å². The summed E-state index contributed by atoms with van der Waals surface area (Å²) in [5, 5.41) is 14.2. The van der Waals surface area contributed by atoms with Gasteiger partial charge in [-0.15, -0.1) is 0 Å². The lowest BCUT2D eigenvalue weighted by Crippen LogP contribution is -2.45. The molecule has 0 spiro atoms. The molecule has 0 heterocycles. The number of hydrogen-bond donors (Lipinski definition) is 2. The van der Waals surface area contributed by atoms with Crippen molar-refractivity contribution in [1.29, 1.82) is 0 Å². The first-order chi connectivity index (χ1) is 11.1. The first kappa shape index (κ1) is 15.8. The topological polar surface area (TPSA) is 50.7 Å². The van der Waals surface area contributed by atoms with Crippen molar-refractivity contribution in [2.75, 3.05) is 20.7 Å². The van der Waals surface area contributed by atoms with Crippen molar-refractivity contribution in [2.45, 2.75) is 25.0 Å². The zero-order valence-corrected chi connectivity index (χ0v) is 13.8. The second-order valence-corrected chi connectivity index (χ2v) is 6.14. The normalized spacial score (nSPS) is 22.7. The number of likely N-dealkylation sites (N-methyl/N-ethyl adjacent to an activating group) is 1. The highest BCUT2D eigenvalue weighted by Crippen LogP contribution is 2.43. The van der Waals surface area contributed by atoms with Crippen LogP contribution in [0.25, 0.3) is 0 Å². The maximum Gasteiger partial charge on any atom is 0.154 e. The van der Waals surface area contributed by atoms with Gasteiger partial charge >= 0.3 is 0 Å². The molecule has 0 saturated heterocycles. The number of aryl methyl sites for hydroxylation is 1. The smallest absolute Gasteiger partial charge is 0.154 e. The van der Waals surface area contributed by atoms with Crippen LogP contribution in [0.4, 0.5) is 0 Å². The molecule has 3 rings (SSSR count). The number of fused-ring (bicyclic) bond motifs is 1. The van der Waals surface area contributed by atoms with Crippen molar-refractivity contribution in [3.8, 4) is 11.5 Å². The number of aliphatic hydroxyl groups is 1. The highest BCUT2D eigenvalue weighted by Gasteiger charge is 2.46. The monoisotopic (exact) mass is 313 g/mol. The minimum absolute atomic E-state index is 0.429. The number of methoxy groups -OCH3 is 1. The maximum atomic E-state index is 11.2. The summed E-state index contributed by atoms with van der Waals surface area (Å²) in [5.41, 5.74) is 2.16. The number of rotatable bonds is 5. The molecule has 2 aromatic rings. The summed E-state index contributed by atoms with van der Waals surface area (Å²) in [4.78, 5) is 0. The summed E-state index contributed by atoms with van der Waals surface area (Å²) >= 11 is 0. The third-order valence-corrected chi connectivity index (χ3v) is 4.44. The highest BCUT2D eigenvalue weighted by molar-refractivity contribution is 5.45. The van der Waals surface area contributed by atoms with Gasteiger partial charge in [-0.05, 0) is 43.3 Å². The van der Waals surface area contributed by atoms with Crippen LogP contribution >= 0.6 is 0 Å². The molecule has 2 aromatic carbocycles. The number of hydrogen-bond acceptors (Lipinski definition) is 4. The lowest BCUT2D eigenvalue weighted by Gasteiger charge is -2.31. The molecule has 0 fully saturated rings. The predicted octanol–water partition coefficient (Wildman–Crippen LogP) is 2.63. The van der Waals surface area contributed by atoms with Gasteiger partial charge in [0.2, 0.25) is 0 Å². The molecule has 2 N–H and O–H groups in total. The van der Waals surface area contributed by atoms with Crippen molar-refractivity contribution in [3.05, 3.63) is 59.2 Å². The van der Waals surface area contributed by atoms with Gasteiger partial charge in [0.15, 0.2) is 6.10 Å². The van der Waals surface area contributed by atoms with Crippen LogP contribution in [0.15, 0.2) is 42.5 Å². The van der Waals surface area contributed by atoms with E-state index in [-0.39, 0.29) is 0 Å². The van der Waals surface area contributed by atoms with Gasteiger partial charge in [-0.2, -0.15) is 0 Å². The van der Waals surface area contributed by atoms with Crippen molar-refractivity contribution in [2.24, 2.45) is 0 Å². The van der Waals surface area contributed by atoms with Crippen LogP contribution in [-0.2, 0) is 6.42 Å². The summed E-state index contributed by atoms with van der Waals surface area (Å²) in [6.07, 6.45) is 0.130. The van der Waals surface area contributed by atoms with Crippen molar-refractivity contribution in [1.82, 2.24) is 5.32 Å². The van der Waals surface area contributed by atoms with Crippen LogP contribution in [0.5, 0.6) is 11.5 Å². The second-order valence-electron chi connectivity index (χ2n) is 6.14. The Kier molecular flexibility index (Phi) is 4.28. The minimum Gasteiger partial charge on any atom is -0.497 e. The van der Waals surface area contributed by atoms with Crippen molar-refractivity contribution < 1.29 is 14.6 Å². The lowest BCUT2D eigenvalue weighted by atomic mass is 9.97. The van der Waals surface area contributed by atoms with Crippen LogP contribution in [0.1, 0.15) is 22.8 Å². The van der Waals surface area contributed by atoms with E-state index in [4.69, 9.17) is 9.47 Å². The van der Waals surface area contributed by atoms with E-state index < -0.39 is 11.7 Å². The number of ether oxygens (including phenoxy) is 2. The van der Waals surface area contributed by atoms with Gasteiger partial charge in [0.25, 0.3) is 0 Å². The zero-order valence-electron chi connectivity index (χ0n) is 13.8. The fourth-order valence-electron chi connectivity index (χ4n) is 3.27. The Labute approximate surface area is 137 Å². The Hall–Kier alpha value is -2.04. The fourth-order valence-corrected chi connectivity index (χ4v) is 3.27. The Morgan fingerprint density at radius 2 is 2.04 bits per heavy atom. The standard InChI is InChI=1S/C19H23NO3/c1-13-6-4-5-7-17(13)23-18-16-10-15(22-3)9-8-14(16)11-19(18,21)12-20-2/h4-10,18,20-21H,11-12H2,1-3H3. The van der Waals surface area contributed by atoms with Gasteiger partial charge in [0.1, 0.15) is 17.1 Å². The van der Waals surface area contributed by atoms with Gasteiger partial charge in [-0.1, -0.05) is 24.3 Å². The highest BCUT2D eigenvalue weighted by atomic mass is 16.5. The summed E-state index contributed by atoms with van der Waals surface area (Å²) < 4.78 is 11.6. The quantitative estimate of drug-likeness (QED) is 0.891. The van der Waals surface area contributed by atoms with Crippen LogP contribution in [0, 0.1) is 6.92 Å². The molecule has 0 amide bonds. The van der Waals surface area contributed by atoms with E-state index in [1.807, 2.05) is 56.4 Å². The Morgan fingerprint density at radius 1 is 1.26 bits per heavy atom. The molecule has 0 aliphatic heterocycles. The SMILES string of the molecule is CNCC1(O)Cc2ccc(OC)cc2C1Oc1ccccc1C. The van der Waals surface area contributed by atoms with E-state index in [1.165, 1.54) is 0 Å². The van der Waals surface area contributed by atoms with Gasteiger partial charge in [-0.25, -0.2) is 0 Å². The molecule has 0 aromatic heterocycles. The summed E-state index contributed by atoms with van der Waals surface area (Å²) in [6, 6.07) is 13.8. The van der Waals surface area contributed by atoms with E-state index in [9.17, 15) is 5.11 Å². The summed E-state index contributed by atoms with van der Waals surface area (Å²) in [5.74, 6) is 1.57. The molecular weight excluding hydrogens is 290 g/mol. The van der Waals surface area contributed by atoms with Crippen molar-refractivity contribution >= 4 is 0 Å². The van der Waals surface area contributed by atoms with Gasteiger partial charge in [0, 0.05) is 18.5 Å². The minimum atomic E-state index is -0.980. The third kappa shape index (κ3) is 2.92. The van der Waals surface area contributed by atoms with E-state index in [2.05, 4.69) is 5.32 Å². The molecule has 2 unspecified atom stereocenters. The Bertz CT molecular complexity index is 701. The molecule has 122 valence electrons. The molecule has 4 nitrogen and oxygen atoms in total. The zero-order chi connectivity index (χ0) is 16.4. The van der Waals surface area contributed by atoms with Crippen LogP contribution in [-0.4, -0.2) is 31.4 Å². The number of para-hydroxylation sites is 1. The maximum absolute atomic E-state index is 11.2. The largest absolute Gasteiger partial charge is 0.497 e. The molecule has 0 bridgehead atoms. The van der Waals surface area contributed by atoms with Crippen LogP contribution < -0.4 is 14.8 Å². The Balaban J connectivity index is 2.01. The van der Waals surface area contributed by atoms with E-state index in [1.54, 1.807) is 7.11 Å². The molecule has 2 atom stereocenters. The average Bonchev–Trinajstić information content (AvgIpc) is 2.81.